The van der Waals surface area contributed by atoms with Crippen LogP contribution in [0, 0.1) is 6.92 Å². The van der Waals surface area contributed by atoms with E-state index in [2.05, 4.69) is 36.9 Å². The van der Waals surface area contributed by atoms with Crippen molar-refractivity contribution in [3.8, 4) is 0 Å². The Kier molecular flexibility index (Phi) is 1.69. The van der Waals surface area contributed by atoms with E-state index in [1.165, 1.54) is 16.7 Å². The van der Waals surface area contributed by atoms with Gasteiger partial charge in [0.25, 0.3) is 0 Å². The van der Waals surface area contributed by atoms with Gasteiger partial charge in [0, 0.05) is 0 Å². The van der Waals surface area contributed by atoms with Crippen LogP contribution in [0.3, 0.4) is 0 Å². The first-order valence-electron chi connectivity index (χ1n) is 4.06. The van der Waals surface area contributed by atoms with Crippen LogP contribution in [0.15, 0.2) is 36.1 Å². The number of hydrogen-bond donors (Lipinski definition) is 0. The molecule has 2 rings (SSSR count). The molecule has 1 aromatic carbocycles. The SMILES string of the molecule is Cc1ccc2c(c1)C=CC=C=C2. The van der Waals surface area contributed by atoms with Crippen LogP contribution in [-0.4, -0.2) is 0 Å². The van der Waals surface area contributed by atoms with E-state index >= 15 is 0 Å². The molecule has 0 aliphatic heterocycles. The van der Waals surface area contributed by atoms with Crippen molar-refractivity contribution in [3.05, 3.63) is 52.8 Å². The molecule has 0 spiro atoms. The third-order valence-corrected chi connectivity index (χ3v) is 1.95. The summed E-state index contributed by atoms with van der Waals surface area (Å²) in [5, 5.41) is 0. The van der Waals surface area contributed by atoms with E-state index in [9.17, 15) is 0 Å². The fraction of sp³-hybridized carbons (Fsp3) is 0.0833. The van der Waals surface area contributed by atoms with Crippen LogP contribution in [0.5, 0.6) is 0 Å². The Morgan fingerprint density at radius 1 is 1.17 bits per heavy atom. The smallest absolute Gasteiger partial charge is 0.0107 e. The molecule has 0 saturated carbocycles. The molecular weight excluding hydrogens is 144 g/mol. The second kappa shape index (κ2) is 2.84. The molecule has 0 unspecified atom stereocenters. The predicted octanol–water partition coefficient (Wildman–Crippen LogP) is 3.19. The summed E-state index contributed by atoms with van der Waals surface area (Å²) in [5.41, 5.74) is 6.90. The quantitative estimate of drug-likeness (QED) is 0.503. The summed E-state index contributed by atoms with van der Waals surface area (Å²) in [4.78, 5) is 0. The Morgan fingerprint density at radius 2 is 2.08 bits per heavy atom. The van der Waals surface area contributed by atoms with Gasteiger partial charge in [-0.2, -0.15) is 0 Å². The lowest BCUT2D eigenvalue weighted by atomic mass is 10.0. The maximum Gasteiger partial charge on any atom is -0.0107 e. The van der Waals surface area contributed by atoms with E-state index in [1.54, 1.807) is 0 Å². The molecule has 0 nitrogen and oxygen atoms in total. The zero-order valence-corrected chi connectivity index (χ0v) is 7.04. The lowest BCUT2D eigenvalue weighted by Crippen LogP contribution is -1.80. The first kappa shape index (κ1) is 7.15. The molecule has 0 bridgehead atoms. The van der Waals surface area contributed by atoms with E-state index < -0.39 is 0 Å². The van der Waals surface area contributed by atoms with Gasteiger partial charge >= 0.3 is 0 Å². The van der Waals surface area contributed by atoms with Crippen LogP contribution in [0.4, 0.5) is 0 Å². The molecule has 0 aromatic heterocycles. The van der Waals surface area contributed by atoms with Gasteiger partial charge in [-0.1, -0.05) is 35.9 Å². The minimum absolute atomic E-state index is 1.24. The summed E-state index contributed by atoms with van der Waals surface area (Å²) in [5.74, 6) is 0. The number of allylic oxidation sites excluding steroid dienone is 2. The van der Waals surface area contributed by atoms with Crippen molar-refractivity contribution in [1.29, 1.82) is 0 Å². The van der Waals surface area contributed by atoms with E-state index in [0.717, 1.165) is 0 Å². The number of aryl methyl sites for hydroxylation is 1. The molecule has 0 saturated heterocycles. The van der Waals surface area contributed by atoms with Gasteiger partial charge in [0.15, 0.2) is 0 Å². The van der Waals surface area contributed by atoms with Crippen LogP contribution in [0.2, 0.25) is 0 Å². The molecule has 1 aliphatic carbocycles. The highest BCUT2D eigenvalue weighted by Crippen LogP contribution is 2.16. The molecule has 0 fully saturated rings. The number of fused-ring (bicyclic) bond motifs is 1. The third kappa shape index (κ3) is 1.25. The van der Waals surface area contributed by atoms with Crippen molar-refractivity contribution in [3.63, 3.8) is 0 Å². The van der Waals surface area contributed by atoms with Gasteiger partial charge in [-0.25, -0.2) is 0 Å². The number of benzene rings is 1. The maximum absolute atomic E-state index is 3.09. The Hall–Kier alpha value is -1.52. The Morgan fingerprint density at radius 3 is 3.00 bits per heavy atom. The van der Waals surface area contributed by atoms with E-state index in [4.69, 9.17) is 0 Å². The van der Waals surface area contributed by atoms with Crippen LogP contribution >= 0.6 is 0 Å². The Balaban J connectivity index is 2.65. The molecule has 0 heteroatoms. The first-order valence-corrected chi connectivity index (χ1v) is 4.06. The molecule has 58 valence electrons. The van der Waals surface area contributed by atoms with Crippen molar-refractivity contribution in [2.75, 3.05) is 0 Å². The Bertz CT molecular complexity index is 388. The van der Waals surface area contributed by atoms with Gasteiger partial charge < -0.3 is 0 Å². The predicted molar refractivity (Wildman–Crippen MR) is 52.8 cm³/mol. The number of rotatable bonds is 0. The summed E-state index contributed by atoms with van der Waals surface area (Å²) in [7, 11) is 0. The number of hydrogen-bond acceptors (Lipinski definition) is 0. The molecule has 1 aromatic rings. The van der Waals surface area contributed by atoms with E-state index in [1.807, 2.05) is 18.2 Å². The third-order valence-electron chi connectivity index (χ3n) is 1.95. The van der Waals surface area contributed by atoms with Gasteiger partial charge in [0.1, 0.15) is 0 Å². The lowest BCUT2D eigenvalue weighted by Gasteiger charge is -2.00. The van der Waals surface area contributed by atoms with Crippen molar-refractivity contribution < 1.29 is 0 Å². The van der Waals surface area contributed by atoms with Gasteiger partial charge in [0.05, 0.1) is 0 Å². The van der Waals surface area contributed by atoms with Crippen molar-refractivity contribution in [2.45, 2.75) is 6.92 Å². The van der Waals surface area contributed by atoms with E-state index in [-0.39, 0.29) is 0 Å². The summed E-state index contributed by atoms with van der Waals surface area (Å²) in [6.45, 7) is 2.11. The molecular formula is C12H10. The minimum atomic E-state index is 1.24. The Labute approximate surface area is 72.5 Å². The second-order valence-corrected chi connectivity index (χ2v) is 2.97. The summed E-state index contributed by atoms with van der Waals surface area (Å²) < 4.78 is 0. The lowest BCUT2D eigenvalue weighted by molar-refractivity contribution is 1.45. The molecule has 0 amide bonds. The van der Waals surface area contributed by atoms with Crippen molar-refractivity contribution in [1.82, 2.24) is 0 Å². The van der Waals surface area contributed by atoms with Crippen LogP contribution in [-0.2, 0) is 0 Å². The van der Waals surface area contributed by atoms with Crippen molar-refractivity contribution in [2.24, 2.45) is 0 Å². The topological polar surface area (TPSA) is 0 Å². The standard InChI is InChI=1S/C12H10/c1-10-7-8-11-5-3-2-4-6-12(11)9-10/h2,4-9H,1H3. The van der Waals surface area contributed by atoms with Gasteiger partial charge in [-0.15, -0.1) is 5.73 Å². The van der Waals surface area contributed by atoms with Crippen LogP contribution < -0.4 is 0 Å². The normalized spacial score (nSPS) is 12.8. The van der Waals surface area contributed by atoms with E-state index in [0.29, 0.717) is 0 Å². The molecule has 0 N–H and O–H groups in total. The fourth-order valence-corrected chi connectivity index (χ4v) is 1.32. The summed E-state index contributed by atoms with van der Waals surface area (Å²) in [6, 6.07) is 6.43. The first-order chi connectivity index (χ1) is 5.86. The minimum Gasteiger partial charge on any atom is -0.120 e. The molecule has 0 radical (unpaired) electrons. The zero-order chi connectivity index (χ0) is 8.39. The fourth-order valence-electron chi connectivity index (χ4n) is 1.32. The summed E-state index contributed by atoms with van der Waals surface area (Å²) in [6.07, 6.45) is 8.06. The van der Waals surface area contributed by atoms with Gasteiger partial charge in [-0.3, -0.25) is 0 Å². The maximum atomic E-state index is 3.09. The highest BCUT2D eigenvalue weighted by Gasteiger charge is 1.96. The zero-order valence-electron chi connectivity index (χ0n) is 7.04. The van der Waals surface area contributed by atoms with Crippen LogP contribution in [0.25, 0.3) is 12.2 Å². The average molecular weight is 154 g/mol. The van der Waals surface area contributed by atoms with Crippen LogP contribution in [0.1, 0.15) is 16.7 Å². The van der Waals surface area contributed by atoms with Gasteiger partial charge in [0.2, 0.25) is 0 Å². The largest absolute Gasteiger partial charge is 0.120 e. The molecule has 0 atom stereocenters. The van der Waals surface area contributed by atoms with Gasteiger partial charge in [-0.05, 0) is 30.2 Å². The molecule has 0 heterocycles. The second-order valence-electron chi connectivity index (χ2n) is 2.97. The highest BCUT2D eigenvalue weighted by molar-refractivity contribution is 5.68. The molecule has 1 aliphatic rings. The molecule has 12 heavy (non-hydrogen) atoms. The monoisotopic (exact) mass is 154 g/mol. The summed E-state index contributed by atoms with van der Waals surface area (Å²) >= 11 is 0. The highest BCUT2D eigenvalue weighted by atomic mass is 14.0. The van der Waals surface area contributed by atoms with Crippen molar-refractivity contribution >= 4 is 12.2 Å². The average Bonchev–Trinajstić information content (AvgIpc) is 2.28.